The van der Waals surface area contributed by atoms with Crippen molar-refractivity contribution >= 4 is 5.97 Å². The zero-order valence-corrected chi connectivity index (χ0v) is 14.2. The Bertz CT molecular complexity index is 483. The average Bonchev–Trinajstić information content (AvgIpc) is 2.58. The lowest BCUT2D eigenvalue weighted by atomic mass is 10.0. The molecule has 0 fully saturated rings. The molecule has 2 N–H and O–H groups in total. The summed E-state index contributed by atoms with van der Waals surface area (Å²) in [7, 11) is 0. The summed E-state index contributed by atoms with van der Waals surface area (Å²) in [6, 6.07) is 8.64. The van der Waals surface area contributed by atoms with Crippen LogP contribution in [0.2, 0.25) is 0 Å². The molecule has 0 bridgehead atoms. The van der Waals surface area contributed by atoms with E-state index in [2.05, 4.69) is 6.92 Å². The first-order valence-corrected chi connectivity index (χ1v) is 8.30. The zero-order chi connectivity index (χ0) is 17.2. The summed E-state index contributed by atoms with van der Waals surface area (Å²) in [5.41, 5.74) is 0.423. The normalized spacial score (nSPS) is 16.7. The fourth-order valence-corrected chi connectivity index (χ4v) is 2.11. The van der Waals surface area contributed by atoms with Crippen LogP contribution in [0.1, 0.15) is 50.4 Å². The molecule has 4 atom stereocenters. The molecule has 4 unspecified atom stereocenters. The summed E-state index contributed by atoms with van der Waals surface area (Å²) in [5, 5.41) is 20.3. The standard InChI is InChI=1S/C19H28O4/c1-4-9-16(20)18(21)17(13-12-14(3)5-2)23-19(22)15-10-7-6-8-11-15/h6-8,10-14,16-18,20-21H,4-5,9H2,1-3H3/b13-12-. The molecule has 4 heteroatoms. The molecular weight excluding hydrogens is 292 g/mol. The van der Waals surface area contributed by atoms with Crippen LogP contribution in [-0.2, 0) is 4.74 Å². The third kappa shape index (κ3) is 6.55. The molecule has 0 heterocycles. The maximum atomic E-state index is 12.2. The molecule has 0 aromatic heterocycles. The SMILES string of the molecule is CCCC(O)C(O)C(/C=C\C(C)CC)OC(=O)c1ccccc1. The molecule has 0 saturated carbocycles. The second kappa shape index (κ2) is 10.2. The summed E-state index contributed by atoms with van der Waals surface area (Å²) in [5.74, 6) is -0.199. The molecule has 1 aromatic rings. The molecule has 0 aliphatic carbocycles. The molecule has 0 saturated heterocycles. The predicted molar refractivity (Wildman–Crippen MR) is 91.2 cm³/mol. The minimum absolute atomic E-state index is 0.309. The molecule has 128 valence electrons. The van der Waals surface area contributed by atoms with E-state index >= 15 is 0 Å². The van der Waals surface area contributed by atoms with Crippen molar-refractivity contribution in [2.45, 2.75) is 58.3 Å². The van der Waals surface area contributed by atoms with Gasteiger partial charge in [-0.15, -0.1) is 0 Å². The lowest BCUT2D eigenvalue weighted by Gasteiger charge is -2.25. The summed E-state index contributed by atoms with van der Waals surface area (Å²) in [4.78, 5) is 12.2. The number of hydrogen-bond donors (Lipinski definition) is 2. The minimum Gasteiger partial charge on any atom is -0.452 e. The number of benzene rings is 1. The molecule has 23 heavy (non-hydrogen) atoms. The molecule has 0 amide bonds. The van der Waals surface area contributed by atoms with Gasteiger partial charge in [-0.2, -0.15) is 0 Å². The lowest BCUT2D eigenvalue weighted by Crippen LogP contribution is -2.39. The van der Waals surface area contributed by atoms with E-state index in [1.54, 1.807) is 30.3 Å². The lowest BCUT2D eigenvalue weighted by molar-refractivity contribution is -0.0558. The van der Waals surface area contributed by atoms with Crippen molar-refractivity contribution in [1.82, 2.24) is 0 Å². The largest absolute Gasteiger partial charge is 0.452 e. The fourth-order valence-electron chi connectivity index (χ4n) is 2.11. The van der Waals surface area contributed by atoms with Crippen LogP contribution in [0.15, 0.2) is 42.5 Å². The number of aliphatic hydroxyl groups excluding tert-OH is 2. The number of ether oxygens (including phenoxy) is 1. The molecule has 1 aromatic carbocycles. The Morgan fingerprint density at radius 1 is 1.17 bits per heavy atom. The van der Waals surface area contributed by atoms with Gasteiger partial charge in [0.25, 0.3) is 0 Å². The van der Waals surface area contributed by atoms with Crippen molar-refractivity contribution in [2.24, 2.45) is 5.92 Å². The maximum absolute atomic E-state index is 12.2. The van der Waals surface area contributed by atoms with E-state index < -0.39 is 24.3 Å². The van der Waals surface area contributed by atoms with Crippen LogP contribution in [0.4, 0.5) is 0 Å². The first-order valence-electron chi connectivity index (χ1n) is 8.30. The van der Waals surface area contributed by atoms with E-state index in [4.69, 9.17) is 4.74 Å². The molecule has 0 aliphatic heterocycles. The van der Waals surface area contributed by atoms with Gasteiger partial charge in [-0.25, -0.2) is 4.79 Å². The first kappa shape index (κ1) is 19.4. The van der Waals surface area contributed by atoms with E-state index in [-0.39, 0.29) is 0 Å². The number of allylic oxidation sites excluding steroid dienone is 1. The Morgan fingerprint density at radius 2 is 1.83 bits per heavy atom. The van der Waals surface area contributed by atoms with Gasteiger partial charge in [-0.05, 0) is 30.5 Å². The number of aliphatic hydroxyl groups is 2. The third-order valence-electron chi connectivity index (χ3n) is 3.84. The van der Waals surface area contributed by atoms with Crippen molar-refractivity contribution in [3.05, 3.63) is 48.0 Å². The van der Waals surface area contributed by atoms with Gasteiger partial charge in [0.05, 0.1) is 11.7 Å². The summed E-state index contributed by atoms with van der Waals surface area (Å²) >= 11 is 0. The summed E-state index contributed by atoms with van der Waals surface area (Å²) in [6.07, 6.45) is 2.81. The van der Waals surface area contributed by atoms with Gasteiger partial charge in [0.2, 0.25) is 0 Å². The van der Waals surface area contributed by atoms with Crippen molar-refractivity contribution in [1.29, 1.82) is 0 Å². The molecule has 4 nitrogen and oxygen atoms in total. The first-order chi connectivity index (χ1) is 11.0. The number of rotatable bonds is 9. The number of hydrogen-bond acceptors (Lipinski definition) is 4. The van der Waals surface area contributed by atoms with Gasteiger partial charge in [0.1, 0.15) is 12.2 Å². The quantitative estimate of drug-likeness (QED) is 0.541. The average molecular weight is 320 g/mol. The van der Waals surface area contributed by atoms with Crippen molar-refractivity contribution < 1.29 is 19.7 Å². The van der Waals surface area contributed by atoms with Crippen LogP contribution in [0, 0.1) is 5.92 Å². The van der Waals surface area contributed by atoms with Crippen LogP contribution in [0.3, 0.4) is 0 Å². The van der Waals surface area contributed by atoms with Crippen LogP contribution >= 0.6 is 0 Å². The van der Waals surface area contributed by atoms with Crippen LogP contribution < -0.4 is 0 Å². The highest BCUT2D eigenvalue weighted by atomic mass is 16.6. The number of esters is 1. The van der Waals surface area contributed by atoms with Crippen molar-refractivity contribution in [3.8, 4) is 0 Å². The van der Waals surface area contributed by atoms with Crippen LogP contribution in [0.25, 0.3) is 0 Å². The minimum atomic E-state index is -1.14. The van der Waals surface area contributed by atoms with Gasteiger partial charge in [0.15, 0.2) is 0 Å². The molecule has 0 aliphatic rings. The van der Waals surface area contributed by atoms with E-state index in [9.17, 15) is 15.0 Å². The van der Waals surface area contributed by atoms with E-state index in [0.29, 0.717) is 17.9 Å². The van der Waals surface area contributed by atoms with Gasteiger partial charge in [-0.3, -0.25) is 0 Å². The second-order valence-corrected chi connectivity index (χ2v) is 5.85. The van der Waals surface area contributed by atoms with Crippen molar-refractivity contribution in [2.75, 3.05) is 0 Å². The third-order valence-corrected chi connectivity index (χ3v) is 3.84. The van der Waals surface area contributed by atoms with Gasteiger partial charge in [0, 0.05) is 0 Å². The molecule has 0 spiro atoms. The van der Waals surface area contributed by atoms with Gasteiger partial charge >= 0.3 is 5.97 Å². The summed E-state index contributed by atoms with van der Waals surface area (Å²) in [6.45, 7) is 6.03. The monoisotopic (exact) mass is 320 g/mol. The Balaban J connectivity index is 2.85. The van der Waals surface area contributed by atoms with E-state index in [0.717, 1.165) is 12.8 Å². The maximum Gasteiger partial charge on any atom is 0.338 e. The number of carbonyl (C=O) groups excluding carboxylic acids is 1. The summed E-state index contributed by atoms with van der Waals surface area (Å²) < 4.78 is 5.42. The number of carbonyl (C=O) groups is 1. The highest BCUT2D eigenvalue weighted by Gasteiger charge is 2.27. The Hall–Kier alpha value is -1.65. The predicted octanol–water partition coefficient (Wildman–Crippen LogP) is 3.34. The highest BCUT2D eigenvalue weighted by Crippen LogP contribution is 2.15. The molecular formula is C19H28O4. The van der Waals surface area contributed by atoms with E-state index in [1.165, 1.54) is 0 Å². The fraction of sp³-hybridized carbons (Fsp3) is 0.526. The zero-order valence-electron chi connectivity index (χ0n) is 14.2. The molecule has 1 rings (SSSR count). The Kier molecular flexibility index (Phi) is 8.59. The molecule has 0 radical (unpaired) electrons. The van der Waals surface area contributed by atoms with E-state index in [1.807, 2.05) is 26.0 Å². The highest BCUT2D eigenvalue weighted by molar-refractivity contribution is 5.89. The van der Waals surface area contributed by atoms with Crippen molar-refractivity contribution in [3.63, 3.8) is 0 Å². The van der Waals surface area contributed by atoms with Crippen LogP contribution in [0.5, 0.6) is 0 Å². The van der Waals surface area contributed by atoms with Gasteiger partial charge < -0.3 is 14.9 Å². The second-order valence-electron chi connectivity index (χ2n) is 5.85. The smallest absolute Gasteiger partial charge is 0.338 e. The Labute approximate surface area is 138 Å². The topological polar surface area (TPSA) is 66.8 Å². The Morgan fingerprint density at radius 3 is 2.39 bits per heavy atom. The van der Waals surface area contributed by atoms with Gasteiger partial charge in [-0.1, -0.05) is 57.9 Å². The van der Waals surface area contributed by atoms with Crippen LogP contribution in [-0.4, -0.2) is 34.5 Å².